The van der Waals surface area contributed by atoms with E-state index in [9.17, 15) is 0 Å². The maximum Gasteiger partial charge on any atom is 0.0718 e. The summed E-state index contributed by atoms with van der Waals surface area (Å²) < 4.78 is 25.5. The van der Waals surface area contributed by atoms with Gasteiger partial charge in [-0.05, 0) is 5.56 Å². The fourth-order valence-electron chi connectivity index (χ4n) is 1.72. The van der Waals surface area contributed by atoms with Crippen LogP contribution in [0, 0.1) is 0 Å². The Morgan fingerprint density at radius 2 is 0.852 bits per heavy atom. The average molecular weight is 390 g/mol. The molecule has 1 aromatic rings. The Bertz CT molecular complexity index is 369. The maximum absolute atomic E-state index is 8.46. The van der Waals surface area contributed by atoms with Crippen molar-refractivity contribution in [3.05, 3.63) is 35.9 Å². The molecule has 0 bridgehead atoms. The van der Waals surface area contributed by atoms with Crippen molar-refractivity contribution in [2.45, 2.75) is 6.61 Å². The van der Waals surface area contributed by atoms with Crippen LogP contribution in [0.1, 0.15) is 5.56 Å². The number of rotatable bonds is 17. The molecule has 0 radical (unpaired) electrons. The highest BCUT2D eigenvalue weighted by atomic mass is 16.5. The molecule has 0 heterocycles. The van der Waals surface area contributed by atoms with Crippen LogP contribution in [0.15, 0.2) is 30.3 Å². The van der Waals surface area contributed by atoms with E-state index < -0.39 is 0 Å². The minimum Gasteiger partial charge on any atom is -0.394 e. The molecule has 0 fully saturated rings. The highest BCUT2D eigenvalue weighted by Crippen LogP contribution is 1.99. The largest absolute Gasteiger partial charge is 0.394 e. The quantitative estimate of drug-likeness (QED) is 0.325. The first-order valence-corrected chi connectivity index (χ1v) is 9.10. The number of ether oxygens (including phenoxy) is 5. The van der Waals surface area contributed by atoms with Crippen LogP contribution in [-0.2, 0) is 30.3 Å². The van der Waals surface area contributed by atoms with Crippen molar-refractivity contribution >= 4 is 0 Å². The second kappa shape index (κ2) is 22.9. The fourth-order valence-corrected chi connectivity index (χ4v) is 1.72. The van der Waals surface area contributed by atoms with Gasteiger partial charge in [-0.1, -0.05) is 30.3 Å². The molecule has 3 N–H and O–H groups in total. The van der Waals surface area contributed by atoms with Gasteiger partial charge in [0.05, 0.1) is 85.9 Å². The van der Waals surface area contributed by atoms with Gasteiger partial charge in [0.1, 0.15) is 0 Å². The molecule has 158 valence electrons. The molecule has 0 aliphatic carbocycles. The van der Waals surface area contributed by atoms with Gasteiger partial charge in [0.25, 0.3) is 0 Å². The lowest BCUT2D eigenvalue weighted by Gasteiger charge is -2.06. The molecule has 0 saturated carbocycles. The van der Waals surface area contributed by atoms with Crippen molar-refractivity contribution in [3.8, 4) is 0 Å². The number of aliphatic hydroxyl groups excluding tert-OH is 3. The van der Waals surface area contributed by atoms with E-state index in [4.69, 9.17) is 39.0 Å². The predicted molar refractivity (Wildman–Crippen MR) is 101 cm³/mol. The van der Waals surface area contributed by atoms with Crippen molar-refractivity contribution in [2.24, 2.45) is 0 Å². The molecule has 27 heavy (non-hydrogen) atoms. The Morgan fingerprint density at radius 1 is 0.481 bits per heavy atom. The van der Waals surface area contributed by atoms with E-state index in [0.29, 0.717) is 66.1 Å². The van der Waals surface area contributed by atoms with E-state index in [1.54, 1.807) is 0 Å². The minimum atomic E-state index is 0.0417. The lowest BCUT2D eigenvalue weighted by atomic mass is 10.2. The Labute approximate surface area is 161 Å². The molecular weight excluding hydrogens is 356 g/mol. The zero-order valence-electron chi connectivity index (χ0n) is 16.0. The van der Waals surface area contributed by atoms with Gasteiger partial charge in [0.15, 0.2) is 0 Å². The third kappa shape index (κ3) is 21.1. The van der Waals surface area contributed by atoms with Crippen LogP contribution >= 0.6 is 0 Å². The average Bonchev–Trinajstić information content (AvgIpc) is 2.71. The number of benzene rings is 1. The highest BCUT2D eigenvalue weighted by Gasteiger charge is 1.93. The molecule has 0 aliphatic heterocycles. The third-order valence-electron chi connectivity index (χ3n) is 2.93. The summed E-state index contributed by atoms with van der Waals surface area (Å²) in [7, 11) is 0. The van der Waals surface area contributed by atoms with Crippen molar-refractivity contribution in [1.82, 2.24) is 0 Å². The first-order valence-electron chi connectivity index (χ1n) is 9.10. The smallest absolute Gasteiger partial charge is 0.0718 e. The van der Waals surface area contributed by atoms with Gasteiger partial charge in [-0.3, -0.25) is 0 Å². The molecule has 0 saturated heterocycles. The number of hydrogen-bond donors (Lipinski definition) is 3. The molecular formula is C19H34O8. The molecule has 1 rings (SSSR count). The van der Waals surface area contributed by atoms with Gasteiger partial charge in [-0.15, -0.1) is 0 Å². The molecule has 1 aromatic carbocycles. The van der Waals surface area contributed by atoms with Crippen LogP contribution in [0.2, 0.25) is 0 Å². The van der Waals surface area contributed by atoms with E-state index in [1.807, 2.05) is 30.3 Å². The van der Waals surface area contributed by atoms with Gasteiger partial charge in [-0.2, -0.15) is 0 Å². The van der Waals surface area contributed by atoms with Gasteiger partial charge in [0, 0.05) is 0 Å². The first-order chi connectivity index (χ1) is 13.3. The Hall–Kier alpha value is -1.10. The topological polar surface area (TPSA) is 107 Å². The standard InChI is InChI=1S/C13H20O4.C6H14O4/c14-6-7-15-8-9-16-10-11-17-12-13-4-2-1-3-5-13;7-1-3-9-5-6-10-4-2-8/h1-5,14H,6-12H2;7-8H,1-6H2. The van der Waals surface area contributed by atoms with Crippen LogP contribution in [0.4, 0.5) is 0 Å². The lowest BCUT2D eigenvalue weighted by Crippen LogP contribution is -2.10. The summed E-state index contributed by atoms with van der Waals surface area (Å²) in [6.07, 6.45) is 0. The van der Waals surface area contributed by atoms with Crippen LogP contribution in [0.25, 0.3) is 0 Å². The highest BCUT2D eigenvalue weighted by molar-refractivity contribution is 5.13. The van der Waals surface area contributed by atoms with Crippen LogP contribution in [-0.4, -0.2) is 94.6 Å². The van der Waals surface area contributed by atoms with Crippen molar-refractivity contribution in [1.29, 1.82) is 0 Å². The van der Waals surface area contributed by atoms with Crippen LogP contribution < -0.4 is 0 Å². The summed E-state index contributed by atoms with van der Waals surface area (Å²) >= 11 is 0. The molecule has 0 aliphatic rings. The second-order valence-electron chi connectivity index (χ2n) is 5.16. The fraction of sp³-hybridized carbons (Fsp3) is 0.684. The summed E-state index contributed by atoms with van der Waals surface area (Å²) in [5, 5.41) is 25.0. The summed E-state index contributed by atoms with van der Waals surface area (Å²) in [5.41, 5.74) is 1.17. The summed E-state index contributed by atoms with van der Waals surface area (Å²) in [5.74, 6) is 0. The molecule has 0 unspecified atom stereocenters. The van der Waals surface area contributed by atoms with Gasteiger partial charge < -0.3 is 39.0 Å². The predicted octanol–water partition coefficient (Wildman–Crippen LogP) is 0.233. The summed E-state index contributed by atoms with van der Waals surface area (Å²) in [6, 6.07) is 10.0. The third-order valence-corrected chi connectivity index (χ3v) is 2.93. The van der Waals surface area contributed by atoms with Crippen molar-refractivity contribution < 1.29 is 39.0 Å². The molecule has 0 atom stereocenters. The van der Waals surface area contributed by atoms with E-state index in [2.05, 4.69) is 0 Å². The van der Waals surface area contributed by atoms with Gasteiger partial charge >= 0.3 is 0 Å². The lowest BCUT2D eigenvalue weighted by molar-refractivity contribution is 0.00451. The van der Waals surface area contributed by atoms with Gasteiger partial charge in [0.2, 0.25) is 0 Å². The van der Waals surface area contributed by atoms with Gasteiger partial charge in [-0.25, -0.2) is 0 Å². The van der Waals surface area contributed by atoms with Crippen LogP contribution in [0.3, 0.4) is 0 Å². The second-order valence-corrected chi connectivity index (χ2v) is 5.16. The zero-order valence-corrected chi connectivity index (χ0v) is 16.0. The number of hydrogen-bond acceptors (Lipinski definition) is 8. The van der Waals surface area contributed by atoms with E-state index >= 15 is 0 Å². The Kier molecular flexibility index (Phi) is 22.0. The van der Waals surface area contributed by atoms with Crippen LogP contribution in [0.5, 0.6) is 0 Å². The molecule has 0 aromatic heterocycles. The first kappa shape index (κ1) is 25.9. The summed E-state index contributed by atoms with van der Waals surface area (Å²) in [6.45, 7) is 4.96. The van der Waals surface area contributed by atoms with E-state index in [1.165, 1.54) is 5.56 Å². The van der Waals surface area contributed by atoms with Crippen molar-refractivity contribution in [2.75, 3.05) is 79.3 Å². The molecule has 8 heteroatoms. The Balaban J connectivity index is 0.000000580. The minimum absolute atomic E-state index is 0.0417. The maximum atomic E-state index is 8.46. The Morgan fingerprint density at radius 3 is 1.26 bits per heavy atom. The SMILES string of the molecule is OCCOCCOCCO.OCCOCCOCCOCc1ccccc1. The van der Waals surface area contributed by atoms with E-state index in [-0.39, 0.29) is 19.8 Å². The normalized spacial score (nSPS) is 10.5. The molecule has 8 nitrogen and oxygen atoms in total. The van der Waals surface area contributed by atoms with E-state index in [0.717, 1.165) is 0 Å². The zero-order chi connectivity index (χ0) is 19.8. The molecule has 0 spiro atoms. The monoisotopic (exact) mass is 390 g/mol. The number of aliphatic hydroxyl groups is 3. The summed E-state index contributed by atoms with van der Waals surface area (Å²) in [4.78, 5) is 0. The molecule has 0 amide bonds. The van der Waals surface area contributed by atoms with Crippen molar-refractivity contribution in [3.63, 3.8) is 0 Å².